The molecule has 3 saturated heterocycles. The molecule has 9 heterocycles. The fraction of sp³-hybridized carbons (Fsp3) is 0.500. The van der Waals surface area contributed by atoms with Crippen molar-refractivity contribution in [2.24, 2.45) is 0 Å². The maximum Gasteiger partial charge on any atom is 1.00 e. The van der Waals surface area contributed by atoms with Gasteiger partial charge < -0.3 is 103 Å². The Morgan fingerprint density at radius 2 is 0.624 bits per heavy atom. The van der Waals surface area contributed by atoms with Crippen LogP contribution in [0.3, 0.4) is 0 Å². The molecule has 93 heavy (non-hydrogen) atoms. The molecule has 6 aromatic heterocycles. The van der Waals surface area contributed by atoms with Gasteiger partial charge in [0.15, 0.2) is 33.5 Å². The molecule has 15 atom stereocenters. The van der Waals surface area contributed by atoms with Gasteiger partial charge in [0.05, 0.1) is 76.1 Å². The van der Waals surface area contributed by atoms with Gasteiger partial charge in [-0.1, -0.05) is 18.3 Å². The molecule has 3 aliphatic rings. The number of nitrogens with one attached hydrogen (secondary N) is 3. The molecule has 0 aliphatic carbocycles. The molecule has 0 aromatic carbocycles. The molecule has 15 unspecified atom stereocenters. The summed E-state index contributed by atoms with van der Waals surface area (Å²) in [6, 6.07) is 0. The third kappa shape index (κ3) is 25.0. The summed E-state index contributed by atoms with van der Waals surface area (Å²) in [5.74, 6) is 0. The van der Waals surface area contributed by atoms with Crippen LogP contribution in [-0.2, 0) is 94.7 Å². The average Bonchev–Trinajstić information content (AvgIpc) is 1.66. The van der Waals surface area contributed by atoms with Crippen LogP contribution in [0.1, 0.15) is 37.9 Å². The van der Waals surface area contributed by atoms with Crippen molar-refractivity contribution in [3.63, 3.8) is 0 Å². The number of hydrogen-bond acceptors (Lipinski definition) is 33. The van der Waals surface area contributed by atoms with E-state index >= 15 is 0 Å². The minimum Gasteiger partial charge on any atom is -0.850 e. The summed E-state index contributed by atoms with van der Waals surface area (Å²) in [7, 11) is -49.7. The topological polar surface area (TPSA) is 767 Å². The van der Waals surface area contributed by atoms with E-state index in [1.807, 2.05) is 0 Å². The van der Waals surface area contributed by atoms with Gasteiger partial charge in [-0.15, -0.1) is 0 Å². The van der Waals surface area contributed by atoms with Gasteiger partial charge in [-0.2, -0.15) is 25.9 Å². The molecule has 51 nitrogen and oxygen atoms in total. The summed E-state index contributed by atoms with van der Waals surface area (Å²) in [4.78, 5) is 172. The number of aromatic amines is 3. The number of H-pyrrole nitrogens is 3. The van der Waals surface area contributed by atoms with Gasteiger partial charge in [0.25, 0.3) is 16.7 Å². The average molecular weight is 1540 g/mol. The Morgan fingerprint density at radius 3 is 0.839 bits per heavy atom. The van der Waals surface area contributed by atoms with E-state index in [-0.39, 0.29) is 141 Å². The molecule has 9 rings (SSSR count). The molecule has 0 bridgehead atoms. The standard InChI is InChI=1S/3C10H14N4O13P3.3Na/c3*15-5-1-7(14-4-13-8-9(14)11-3-12-10(8)16)25-6(5)2-24-29(20,21)27-30(22,23)26-28(17,18)19;;;/h3*3-7H,1-2H2,(H,20,21)(H,22,23)(H,11,12,16)(H2,17,18,19);;;/q3*-1;3*+1. The summed E-state index contributed by atoms with van der Waals surface area (Å²) in [6.45, 7) is -2.64. The molecule has 3 aliphatic heterocycles. The number of aromatic nitrogens is 12. The van der Waals surface area contributed by atoms with Crippen LogP contribution < -0.4 is 121 Å². The first-order valence-electron chi connectivity index (χ1n) is 23.3. The van der Waals surface area contributed by atoms with Crippen LogP contribution in [0.25, 0.3) is 33.5 Å². The van der Waals surface area contributed by atoms with Gasteiger partial charge in [-0.05, 0) is 19.3 Å². The van der Waals surface area contributed by atoms with Gasteiger partial charge in [-0.3, -0.25) is 41.7 Å². The Bertz CT molecular complexity index is 3810. The molecule has 3 fully saturated rings. The Morgan fingerprint density at radius 1 is 0.398 bits per heavy atom. The number of ether oxygens (including phenoxy) is 3. The van der Waals surface area contributed by atoms with E-state index in [1.165, 1.54) is 32.7 Å². The quantitative estimate of drug-likeness (QED) is 0.0198. The summed E-state index contributed by atoms with van der Waals surface area (Å²) < 4.78 is 156. The van der Waals surface area contributed by atoms with Crippen LogP contribution in [0, 0.1) is 0 Å². The van der Waals surface area contributed by atoms with E-state index in [9.17, 15) is 85.5 Å². The van der Waals surface area contributed by atoms with Crippen LogP contribution in [0.5, 0.6) is 0 Å². The van der Waals surface area contributed by atoms with Crippen LogP contribution in [0.15, 0.2) is 52.3 Å². The van der Waals surface area contributed by atoms with Crippen LogP contribution >= 0.6 is 70.4 Å². The van der Waals surface area contributed by atoms with Crippen molar-refractivity contribution in [1.82, 2.24) is 58.6 Å². The van der Waals surface area contributed by atoms with Crippen LogP contribution in [-0.4, -0.2) is 174 Å². The third-order valence-electron chi connectivity index (χ3n) is 11.0. The van der Waals surface area contributed by atoms with Crippen molar-refractivity contribution in [2.75, 3.05) is 19.8 Å². The number of imidazole rings is 3. The molecule has 504 valence electrons. The summed E-state index contributed by atoms with van der Waals surface area (Å²) in [6.07, 6.45) is -4.75. The van der Waals surface area contributed by atoms with Gasteiger partial charge in [0.1, 0.15) is 18.7 Å². The zero-order valence-electron chi connectivity index (χ0n) is 46.3. The molecular weight excluding hydrogens is 1500 g/mol. The molecule has 0 amide bonds. The van der Waals surface area contributed by atoms with Crippen molar-refractivity contribution < 1.29 is 257 Å². The Hall–Kier alpha value is -0.960. The first-order chi connectivity index (χ1) is 41.3. The third-order valence-corrected chi connectivity index (χ3v) is 22.4. The van der Waals surface area contributed by atoms with Crippen molar-refractivity contribution in [3.05, 3.63) is 69.0 Å². The second-order valence-electron chi connectivity index (χ2n) is 17.5. The number of phosphoric acid groups is 9. The van der Waals surface area contributed by atoms with Crippen molar-refractivity contribution in [1.29, 1.82) is 0 Å². The molecule has 63 heteroatoms. The SMILES string of the molecule is O=c1[nH]cnc2c1ncn2C1CC([O-])C(COP(=O)(O)OP(=O)(O)OP(=O)(O)O)O1.O=c1[nH]cnc2c1ncn2C1CC([O-])C(COP(=O)(O)OP(=O)(O)OP(=O)(O)O)O1.O=c1[nH]cnc2c1ncn2C1CC([O-])C(COP(=O)(O)OP(=O)(O)OP(=O)(O)O)O1.[Na+].[Na+].[Na+]. The van der Waals surface area contributed by atoms with E-state index in [2.05, 4.69) is 84.3 Å². The first-order valence-corrected chi connectivity index (χ1v) is 36.8. The predicted octanol–water partition coefficient (Wildman–Crippen LogP) is -13.6. The monoisotopic (exact) mass is 1540 g/mol. The van der Waals surface area contributed by atoms with Gasteiger partial charge >= 0.3 is 159 Å². The minimum absolute atomic E-state index is 0. The predicted molar refractivity (Wildman–Crippen MR) is 271 cm³/mol. The van der Waals surface area contributed by atoms with Gasteiger partial charge in [0.2, 0.25) is 0 Å². The van der Waals surface area contributed by atoms with E-state index in [1.54, 1.807) is 0 Å². The van der Waals surface area contributed by atoms with Crippen molar-refractivity contribution >= 4 is 104 Å². The van der Waals surface area contributed by atoms with E-state index < -0.39 is 162 Å². The largest absolute Gasteiger partial charge is 1.00 e. The van der Waals surface area contributed by atoms with Crippen molar-refractivity contribution in [3.8, 4) is 0 Å². The molecule has 15 N–H and O–H groups in total. The maximum absolute atomic E-state index is 12.2. The zero-order valence-corrected chi connectivity index (χ0v) is 60.4. The van der Waals surface area contributed by atoms with Crippen LogP contribution in [0.4, 0.5) is 0 Å². The molecule has 0 saturated carbocycles. The van der Waals surface area contributed by atoms with Crippen molar-refractivity contribution in [2.45, 2.75) is 74.6 Å². The number of rotatable bonds is 24. The Balaban J connectivity index is 0.000000293. The van der Waals surface area contributed by atoms with E-state index in [0.29, 0.717) is 0 Å². The fourth-order valence-corrected chi connectivity index (χ4v) is 16.8. The Labute approximate surface area is 578 Å². The molecule has 0 spiro atoms. The smallest absolute Gasteiger partial charge is 0.850 e. The minimum atomic E-state index is -5.67. The first kappa shape index (κ1) is 84.5. The number of nitrogens with zero attached hydrogens (tertiary/aromatic N) is 9. The van der Waals surface area contributed by atoms with Gasteiger partial charge in [0, 0.05) is 0 Å². The zero-order chi connectivity index (χ0) is 67.0. The van der Waals surface area contributed by atoms with Gasteiger partial charge in [-0.25, -0.2) is 71.0 Å². The normalized spacial score (nSPS) is 25.6. The summed E-state index contributed by atoms with van der Waals surface area (Å²) in [5, 5.41) is 36.6. The van der Waals surface area contributed by atoms with E-state index in [4.69, 9.17) is 58.3 Å². The molecule has 0 radical (unpaired) electrons. The molecular formula is C30H42N12Na3O39P9. The second kappa shape index (κ2) is 33.2. The van der Waals surface area contributed by atoms with E-state index in [0.717, 1.165) is 19.0 Å². The molecule has 6 aromatic rings. The second-order valence-corrected chi connectivity index (χ2v) is 30.8. The summed E-state index contributed by atoms with van der Waals surface area (Å²) >= 11 is 0. The summed E-state index contributed by atoms with van der Waals surface area (Å²) in [5.41, 5.74) is -1.15. The number of hydrogen-bond donors (Lipinski definition) is 15. The number of fused-ring (bicyclic) bond motifs is 3. The Kier molecular flexibility index (Phi) is 30.2. The van der Waals surface area contributed by atoms with Crippen LogP contribution in [0.2, 0.25) is 0 Å². The number of phosphoric ester groups is 3. The fourth-order valence-electron chi connectivity index (χ4n) is 7.70. The maximum atomic E-state index is 12.2.